The summed E-state index contributed by atoms with van der Waals surface area (Å²) in [5.41, 5.74) is 2.69. The zero-order valence-corrected chi connectivity index (χ0v) is 16.0. The Balaban J connectivity index is 1.51. The third-order valence-electron chi connectivity index (χ3n) is 4.76. The van der Waals surface area contributed by atoms with Gasteiger partial charge in [-0.05, 0) is 34.0 Å². The second-order valence-electron chi connectivity index (χ2n) is 6.57. The van der Waals surface area contributed by atoms with Crippen LogP contribution in [-0.2, 0) is 5.75 Å². The fraction of sp³-hybridized carbons (Fsp3) is 0.0455. The normalized spacial score (nSPS) is 11.3. The maximum absolute atomic E-state index is 13.2. The molecule has 142 valence electrons. The van der Waals surface area contributed by atoms with Crippen LogP contribution in [0.5, 0.6) is 0 Å². The fourth-order valence-electron chi connectivity index (χ4n) is 3.33. The molecule has 7 heteroatoms. The lowest BCUT2D eigenvalue weighted by Gasteiger charge is -2.06. The number of thioether (sulfide) groups is 1. The molecule has 0 saturated carbocycles. The number of rotatable bonds is 4. The molecule has 0 atom stereocenters. The van der Waals surface area contributed by atoms with Gasteiger partial charge < -0.3 is 0 Å². The van der Waals surface area contributed by atoms with Crippen LogP contribution in [0.2, 0.25) is 0 Å². The predicted molar refractivity (Wildman–Crippen MR) is 113 cm³/mol. The van der Waals surface area contributed by atoms with Crippen molar-refractivity contribution in [2.75, 3.05) is 0 Å². The van der Waals surface area contributed by atoms with Gasteiger partial charge in [0.2, 0.25) is 0 Å². The van der Waals surface area contributed by atoms with Crippen LogP contribution < -0.4 is 5.69 Å². The number of aromatic amines is 1. The van der Waals surface area contributed by atoms with Crippen LogP contribution in [0.4, 0.5) is 4.39 Å². The van der Waals surface area contributed by atoms with Crippen LogP contribution >= 0.6 is 11.8 Å². The average molecular weight is 402 g/mol. The van der Waals surface area contributed by atoms with Crippen molar-refractivity contribution in [2.24, 2.45) is 0 Å². The van der Waals surface area contributed by atoms with Crippen LogP contribution in [0.1, 0.15) is 5.56 Å². The van der Waals surface area contributed by atoms with E-state index >= 15 is 0 Å². The first-order valence-electron chi connectivity index (χ1n) is 9.02. The minimum atomic E-state index is -0.358. The van der Waals surface area contributed by atoms with Crippen molar-refractivity contribution >= 4 is 28.2 Å². The van der Waals surface area contributed by atoms with E-state index in [9.17, 15) is 9.18 Å². The van der Waals surface area contributed by atoms with E-state index < -0.39 is 0 Å². The topological polar surface area (TPSA) is 63.0 Å². The Labute approximate surface area is 169 Å². The van der Waals surface area contributed by atoms with Crippen LogP contribution in [0.15, 0.2) is 82.9 Å². The van der Waals surface area contributed by atoms with Crippen molar-refractivity contribution < 1.29 is 4.39 Å². The molecule has 0 spiro atoms. The largest absolute Gasteiger partial charge is 0.350 e. The lowest BCUT2D eigenvalue weighted by atomic mass is 10.1. The number of fused-ring (bicyclic) bond motifs is 2. The number of benzene rings is 3. The van der Waals surface area contributed by atoms with Crippen molar-refractivity contribution in [3.8, 4) is 11.1 Å². The van der Waals surface area contributed by atoms with Gasteiger partial charge in [-0.3, -0.25) is 4.98 Å². The van der Waals surface area contributed by atoms with Crippen LogP contribution in [-0.4, -0.2) is 19.6 Å². The van der Waals surface area contributed by atoms with Crippen LogP contribution in [0.25, 0.3) is 27.5 Å². The maximum atomic E-state index is 13.2. The molecule has 0 unspecified atom stereocenters. The Morgan fingerprint density at radius 2 is 1.79 bits per heavy atom. The zero-order chi connectivity index (χ0) is 19.8. The quantitative estimate of drug-likeness (QED) is 0.444. The van der Waals surface area contributed by atoms with E-state index in [-0.39, 0.29) is 11.5 Å². The number of hydrogen-bond donors (Lipinski definition) is 1. The highest BCUT2D eigenvalue weighted by molar-refractivity contribution is 7.98. The van der Waals surface area contributed by atoms with Crippen molar-refractivity contribution in [1.82, 2.24) is 19.6 Å². The number of nitrogens with zero attached hydrogens (tertiary/aromatic N) is 3. The summed E-state index contributed by atoms with van der Waals surface area (Å²) in [5.74, 6) is 0.350. The lowest BCUT2D eigenvalue weighted by Crippen LogP contribution is -2.19. The van der Waals surface area contributed by atoms with E-state index in [1.165, 1.54) is 44.7 Å². The molecule has 5 rings (SSSR count). The minimum absolute atomic E-state index is 0.317. The molecule has 0 amide bonds. The summed E-state index contributed by atoms with van der Waals surface area (Å²) in [5, 5.41) is 7.00. The molecule has 1 N–H and O–H groups in total. The Morgan fingerprint density at radius 1 is 1.00 bits per heavy atom. The molecule has 5 nitrogen and oxygen atoms in total. The molecular weight excluding hydrogens is 387 g/mol. The molecule has 0 aliphatic heterocycles. The van der Waals surface area contributed by atoms with Crippen molar-refractivity contribution in [3.05, 3.63) is 94.8 Å². The van der Waals surface area contributed by atoms with E-state index in [2.05, 4.69) is 39.3 Å². The number of H-pyrrole nitrogens is 1. The van der Waals surface area contributed by atoms with Gasteiger partial charge in [0.1, 0.15) is 5.82 Å². The van der Waals surface area contributed by atoms with Crippen molar-refractivity contribution in [2.45, 2.75) is 10.9 Å². The second-order valence-corrected chi connectivity index (χ2v) is 7.54. The summed E-state index contributed by atoms with van der Waals surface area (Å²) in [7, 11) is 0. The van der Waals surface area contributed by atoms with E-state index in [0.29, 0.717) is 22.1 Å². The summed E-state index contributed by atoms with van der Waals surface area (Å²) in [6.45, 7) is 0. The van der Waals surface area contributed by atoms with Gasteiger partial charge >= 0.3 is 5.69 Å². The summed E-state index contributed by atoms with van der Waals surface area (Å²) in [4.78, 5) is 19.8. The number of aromatic nitrogens is 4. The Hall–Kier alpha value is -3.45. The molecule has 0 fully saturated rings. The van der Waals surface area contributed by atoms with Crippen molar-refractivity contribution in [1.29, 1.82) is 0 Å². The molecule has 0 aliphatic rings. The third-order valence-corrected chi connectivity index (χ3v) is 5.68. The molecule has 0 saturated heterocycles. The first kappa shape index (κ1) is 17.6. The van der Waals surface area contributed by atoms with Gasteiger partial charge in [0.05, 0.1) is 6.20 Å². The smallest absolute Gasteiger partial charge is 0.285 e. The summed E-state index contributed by atoms with van der Waals surface area (Å²) in [6.07, 6.45) is 1.57. The Bertz CT molecular complexity index is 1390. The zero-order valence-electron chi connectivity index (χ0n) is 15.2. The molecule has 0 radical (unpaired) electrons. The molecular formula is C22H15FN4OS. The Morgan fingerprint density at radius 3 is 2.66 bits per heavy atom. The molecule has 0 bridgehead atoms. The van der Waals surface area contributed by atoms with Crippen LogP contribution in [0.3, 0.4) is 0 Å². The average Bonchev–Trinajstić information content (AvgIpc) is 3.17. The second kappa shape index (κ2) is 7.18. The highest BCUT2D eigenvalue weighted by Gasteiger charge is 2.13. The Kier molecular flexibility index (Phi) is 4.37. The van der Waals surface area contributed by atoms with Crippen LogP contribution in [0, 0.1) is 5.82 Å². The molecule has 2 heterocycles. The summed E-state index contributed by atoms with van der Waals surface area (Å²) >= 11 is 1.46. The van der Waals surface area contributed by atoms with E-state index in [1.807, 2.05) is 18.2 Å². The van der Waals surface area contributed by atoms with Gasteiger partial charge in [0.25, 0.3) is 0 Å². The number of hydrogen-bond acceptors (Lipinski definition) is 4. The molecule has 5 aromatic rings. The van der Waals surface area contributed by atoms with Gasteiger partial charge in [-0.1, -0.05) is 66.4 Å². The van der Waals surface area contributed by atoms with Crippen molar-refractivity contribution in [3.63, 3.8) is 0 Å². The fourth-order valence-corrected chi connectivity index (χ4v) is 4.19. The van der Waals surface area contributed by atoms with Gasteiger partial charge in [-0.2, -0.15) is 9.61 Å². The van der Waals surface area contributed by atoms with E-state index in [1.54, 1.807) is 18.3 Å². The van der Waals surface area contributed by atoms with E-state index in [4.69, 9.17) is 0 Å². The lowest BCUT2D eigenvalue weighted by molar-refractivity contribution is 0.628. The SMILES string of the molecule is O=c1[nH]c(SCc2cccc3ccccc23)nc2c(-c3ccc(F)cc3)cnn12. The predicted octanol–water partition coefficient (Wildman–Crippen LogP) is 4.67. The molecule has 29 heavy (non-hydrogen) atoms. The molecule has 3 aromatic carbocycles. The highest BCUT2D eigenvalue weighted by Crippen LogP contribution is 2.27. The van der Waals surface area contributed by atoms with Gasteiger partial charge in [0.15, 0.2) is 10.8 Å². The summed E-state index contributed by atoms with van der Waals surface area (Å²) in [6, 6.07) is 20.4. The monoisotopic (exact) mass is 402 g/mol. The first-order chi connectivity index (χ1) is 14.2. The molecule has 0 aliphatic carbocycles. The van der Waals surface area contributed by atoms with Gasteiger partial charge in [0, 0.05) is 11.3 Å². The van der Waals surface area contributed by atoms with E-state index in [0.717, 1.165) is 5.56 Å². The highest BCUT2D eigenvalue weighted by atomic mass is 32.2. The van der Waals surface area contributed by atoms with Gasteiger partial charge in [-0.25, -0.2) is 14.2 Å². The standard InChI is InChI=1S/C22H15FN4OS/c23-17-10-8-15(9-11-17)19-12-24-27-20(19)25-21(26-22(27)28)29-13-16-6-3-5-14-4-1-2-7-18(14)16/h1-12H,13H2,(H,25,26,28). The summed E-state index contributed by atoms with van der Waals surface area (Å²) < 4.78 is 14.5. The maximum Gasteiger partial charge on any atom is 0.350 e. The molecule has 2 aromatic heterocycles. The number of nitrogens with one attached hydrogen (secondary N) is 1. The van der Waals surface area contributed by atoms with Gasteiger partial charge in [-0.15, -0.1) is 0 Å². The first-order valence-corrected chi connectivity index (χ1v) is 10.0. The third kappa shape index (κ3) is 3.30. The number of halogens is 1. The minimum Gasteiger partial charge on any atom is -0.285 e.